The van der Waals surface area contributed by atoms with Gasteiger partial charge in [0.25, 0.3) is 5.91 Å². The van der Waals surface area contributed by atoms with Crippen LogP contribution in [0.3, 0.4) is 0 Å². The highest BCUT2D eigenvalue weighted by atomic mass is 35.5. The van der Waals surface area contributed by atoms with Gasteiger partial charge in [-0.15, -0.1) is 12.4 Å². The maximum atomic E-state index is 12.6. The molecule has 138 valence electrons. The number of benzene rings is 1. The Balaban J connectivity index is 0.00000312. The van der Waals surface area contributed by atoms with Crippen LogP contribution < -0.4 is 11.1 Å². The number of nitrogens with one attached hydrogen (secondary N) is 1. The Labute approximate surface area is 160 Å². The quantitative estimate of drug-likeness (QED) is 0.821. The first-order valence-electron chi connectivity index (χ1n) is 8.09. The minimum atomic E-state index is -0.236. The van der Waals surface area contributed by atoms with E-state index in [0.29, 0.717) is 22.8 Å². The monoisotopic (exact) mass is 384 g/mol. The average molecular weight is 385 g/mol. The number of halogens is 2. The fourth-order valence-corrected chi connectivity index (χ4v) is 2.47. The molecule has 0 aliphatic rings. The number of amides is 1. The average Bonchev–Trinajstić information content (AvgIpc) is 2.92. The predicted molar refractivity (Wildman–Crippen MR) is 106 cm³/mol. The fraction of sp³-hybridized carbons (Fsp3) is 0.444. The van der Waals surface area contributed by atoms with Gasteiger partial charge in [0.15, 0.2) is 0 Å². The summed E-state index contributed by atoms with van der Waals surface area (Å²) in [5.74, 6) is -0.166. The first-order chi connectivity index (χ1) is 11.2. The highest BCUT2D eigenvalue weighted by molar-refractivity contribution is 6.33. The van der Waals surface area contributed by atoms with Gasteiger partial charge in [0.1, 0.15) is 5.69 Å². The number of hydrogen-bond acceptors (Lipinski definition) is 3. The highest BCUT2D eigenvalue weighted by Gasteiger charge is 2.23. The zero-order chi connectivity index (χ0) is 17.9. The van der Waals surface area contributed by atoms with Crippen LogP contribution in [0.25, 0.3) is 11.3 Å². The Kier molecular flexibility index (Phi) is 7.47. The number of aromatic nitrogens is 2. The van der Waals surface area contributed by atoms with Crippen molar-refractivity contribution in [2.75, 3.05) is 6.54 Å². The van der Waals surface area contributed by atoms with Gasteiger partial charge in [0.2, 0.25) is 0 Å². The van der Waals surface area contributed by atoms with Crippen LogP contribution in [0, 0.1) is 0 Å². The van der Waals surface area contributed by atoms with Crippen molar-refractivity contribution in [2.24, 2.45) is 5.73 Å². The molecule has 1 amide bonds. The molecule has 0 saturated heterocycles. The third kappa shape index (κ3) is 5.46. The van der Waals surface area contributed by atoms with Gasteiger partial charge in [-0.1, -0.05) is 29.8 Å². The van der Waals surface area contributed by atoms with E-state index in [0.717, 1.165) is 12.0 Å². The molecular weight excluding hydrogens is 359 g/mol. The van der Waals surface area contributed by atoms with E-state index in [4.69, 9.17) is 17.3 Å². The molecular formula is C18H26Cl2N4O. The number of carbonyl (C=O) groups excluding carboxylic acids is 1. The molecule has 25 heavy (non-hydrogen) atoms. The van der Waals surface area contributed by atoms with Gasteiger partial charge < -0.3 is 11.1 Å². The molecule has 3 N–H and O–H groups in total. The number of nitrogens with zero attached hydrogens (tertiary/aromatic N) is 2. The van der Waals surface area contributed by atoms with Crippen LogP contribution in [-0.2, 0) is 5.54 Å². The van der Waals surface area contributed by atoms with Gasteiger partial charge in [0.05, 0.1) is 16.1 Å². The van der Waals surface area contributed by atoms with Crippen molar-refractivity contribution in [1.29, 1.82) is 0 Å². The molecule has 7 heteroatoms. The lowest BCUT2D eigenvalue weighted by molar-refractivity contribution is 0.0953. The Hall–Kier alpha value is -1.56. The second kappa shape index (κ2) is 8.70. The van der Waals surface area contributed by atoms with Gasteiger partial charge >= 0.3 is 0 Å². The number of carbonyl (C=O) groups is 1. The molecule has 1 unspecified atom stereocenters. The summed E-state index contributed by atoms with van der Waals surface area (Å²) >= 11 is 6.31. The molecule has 0 saturated carbocycles. The molecule has 2 rings (SSSR count). The lowest BCUT2D eigenvalue weighted by Gasteiger charge is -2.18. The zero-order valence-electron chi connectivity index (χ0n) is 15.0. The summed E-state index contributed by atoms with van der Waals surface area (Å²) in [5, 5.41) is 8.10. The SMILES string of the molecule is CC(N)CCNC(=O)c1cn(C(C)(C)C)nc1-c1ccccc1Cl.Cl. The third-order valence-electron chi connectivity index (χ3n) is 3.66. The topological polar surface area (TPSA) is 72.9 Å². The molecule has 0 spiro atoms. The minimum Gasteiger partial charge on any atom is -0.352 e. The molecule has 1 aromatic heterocycles. The molecule has 0 fully saturated rings. The molecule has 1 heterocycles. The van der Waals surface area contributed by atoms with E-state index < -0.39 is 0 Å². The molecule has 2 aromatic rings. The molecule has 1 aromatic carbocycles. The van der Waals surface area contributed by atoms with Crippen LogP contribution in [0.1, 0.15) is 44.5 Å². The van der Waals surface area contributed by atoms with Crippen LogP contribution >= 0.6 is 24.0 Å². The second-order valence-electron chi connectivity index (χ2n) is 7.01. The Morgan fingerprint density at radius 1 is 1.36 bits per heavy atom. The van der Waals surface area contributed by atoms with Crippen LogP contribution in [0.2, 0.25) is 5.02 Å². The van der Waals surface area contributed by atoms with Crippen molar-refractivity contribution < 1.29 is 4.79 Å². The summed E-state index contributed by atoms with van der Waals surface area (Å²) in [5.41, 5.74) is 7.36. The smallest absolute Gasteiger partial charge is 0.255 e. The standard InChI is InChI=1S/C18H25ClN4O.ClH/c1-12(20)9-10-21-17(24)14-11-23(18(2,3)4)22-16(14)13-7-5-6-8-15(13)19;/h5-8,11-12H,9-10,20H2,1-4H3,(H,21,24);1H. The van der Waals surface area contributed by atoms with Gasteiger partial charge in [0, 0.05) is 24.3 Å². The Morgan fingerprint density at radius 2 is 2.00 bits per heavy atom. The van der Waals surface area contributed by atoms with Crippen LogP contribution in [0.5, 0.6) is 0 Å². The lowest BCUT2D eigenvalue weighted by atomic mass is 10.1. The van der Waals surface area contributed by atoms with Crippen LogP contribution in [-0.4, -0.2) is 28.3 Å². The van der Waals surface area contributed by atoms with E-state index >= 15 is 0 Å². The molecule has 0 bridgehead atoms. The minimum absolute atomic E-state index is 0. The predicted octanol–water partition coefficient (Wildman–Crippen LogP) is 3.85. The summed E-state index contributed by atoms with van der Waals surface area (Å²) in [6, 6.07) is 7.45. The van der Waals surface area contributed by atoms with Gasteiger partial charge in [-0.3, -0.25) is 9.48 Å². The van der Waals surface area contributed by atoms with Crippen molar-refractivity contribution in [3.63, 3.8) is 0 Å². The summed E-state index contributed by atoms with van der Waals surface area (Å²) in [6.07, 6.45) is 2.50. The largest absolute Gasteiger partial charge is 0.352 e. The molecule has 5 nitrogen and oxygen atoms in total. The maximum Gasteiger partial charge on any atom is 0.255 e. The summed E-state index contributed by atoms with van der Waals surface area (Å²) in [4.78, 5) is 12.6. The molecule has 0 radical (unpaired) electrons. The van der Waals surface area contributed by atoms with Gasteiger partial charge in [-0.2, -0.15) is 5.10 Å². The van der Waals surface area contributed by atoms with Gasteiger partial charge in [-0.05, 0) is 40.2 Å². The highest BCUT2D eigenvalue weighted by Crippen LogP contribution is 2.30. The van der Waals surface area contributed by atoms with E-state index in [1.54, 1.807) is 16.9 Å². The number of nitrogens with two attached hydrogens (primary N) is 1. The van der Waals surface area contributed by atoms with E-state index in [1.165, 1.54) is 0 Å². The normalized spacial score (nSPS) is 12.4. The van der Waals surface area contributed by atoms with Crippen molar-refractivity contribution in [3.8, 4) is 11.3 Å². The summed E-state index contributed by atoms with van der Waals surface area (Å²) in [6.45, 7) is 8.55. The van der Waals surface area contributed by atoms with Crippen LogP contribution in [0.4, 0.5) is 0 Å². The molecule has 0 aliphatic heterocycles. The molecule has 0 aliphatic carbocycles. The Bertz CT molecular complexity index is 720. The lowest BCUT2D eigenvalue weighted by Crippen LogP contribution is -2.29. The van der Waals surface area contributed by atoms with E-state index in [9.17, 15) is 4.79 Å². The zero-order valence-corrected chi connectivity index (χ0v) is 16.6. The van der Waals surface area contributed by atoms with Crippen molar-refractivity contribution >= 4 is 29.9 Å². The van der Waals surface area contributed by atoms with Crippen LogP contribution in [0.15, 0.2) is 30.5 Å². The first kappa shape index (κ1) is 21.5. The maximum absolute atomic E-state index is 12.6. The second-order valence-corrected chi connectivity index (χ2v) is 7.42. The fourth-order valence-electron chi connectivity index (χ4n) is 2.24. The Morgan fingerprint density at radius 3 is 2.56 bits per heavy atom. The summed E-state index contributed by atoms with van der Waals surface area (Å²) < 4.78 is 1.80. The first-order valence-corrected chi connectivity index (χ1v) is 8.46. The van der Waals surface area contributed by atoms with E-state index in [2.05, 4.69) is 10.4 Å². The van der Waals surface area contributed by atoms with Crippen molar-refractivity contribution in [3.05, 3.63) is 41.0 Å². The van der Waals surface area contributed by atoms with E-state index in [1.807, 2.05) is 45.9 Å². The van der Waals surface area contributed by atoms with Crippen molar-refractivity contribution in [2.45, 2.75) is 45.7 Å². The summed E-state index contributed by atoms with van der Waals surface area (Å²) in [7, 11) is 0. The van der Waals surface area contributed by atoms with Gasteiger partial charge in [-0.25, -0.2) is 0 Å². The third-order valence-corrected chi connectivity index (χ3v) is 3.99. The molecule has 1 atom stereocenters. The number of hydrogen-bond donors (Lipinski definition) is 2. The van der Waals surface area contributed by atoms with Crippen molar-refractivity contribution in [1.82, 2.24) is 15.1 Å². The number of rotatable bonds is 5. The van der Waals surface area contributed by atoms with E-state index in [-0.39, 0.29) is 29.9 Å².